The molecule has 0 aliphatic heterocycles. The Morgan fingerprint density at radius 3 is 2.43 bits per heavy atom. The van der Waals surface area contributed by atoms with E-state index in [-0.39, 0.29) is 11.1 Å². The molecule has 0 radical (unpaired) electrons. The Morgan fingerprint density at radius 2 is 1.86 bits per heavy atom. The van der Waals surface area contributed by atoms with Gasteiger partial charge in [-0.15, -0.1) is 0 Å². The molecule has 0 N–H and O–H groups in total. The number of rotatable bonds is 5. The van der Waals surface area contributed by atoms with Gasteiger partial charge in [0.2, 0.25) is 5.75 Å². The van der Waals surface area contributed by atoms with Crippen molar-refractivity contribution in [3.8, 4) is 5.75 Å². The molecule has 6 nitrogen and oxygen atoms in total. The molecule has 2 rings (SSSR count). The predicted octanol–water partition coefficient (Wildman–Crippen LogP) is 2.82. The highest BCUT2D eigenvalue weighted by molar-refractivity contribution is 6.09. The van der Waals surface area contributed by atoms with E-state index in [1.807, 2.05) is 0 Å². The van der Waals surface area contributed by atoms with Crippen LogP contribution in [0.5, 0.6) is 5.75 Å². The quantitative estimate of drug-likeness (QED) is 0.481. The number of nitro benzene ring substituents is 1. The molecule has 1 aromatic carbocycles. The van der Waals surface area contributed by atoms with Gasteiger partial charge in [0.1, 0.15) is 0 Å². The number of alkyl halides is 2. The Morgan fingerprint density at radius 1 is 1.19 bits per heavy atom. The van der Waals surface area contributed by atoms with Gasteiger partial charge in [-0.25, -0.2) is 0 Å². The zero-order valence-electron chi connectivity index (χ0n) is 10.4. The van der Waals surface area contributed by atoms with Crippen LogP contribution in [-0.4, -0.2) is 22.3 Å². The molecule has 0 bridgehead atoms. The van der Waals surface area contributed by atoms with Crippen molar-refractivity contribution in [2.45, 2.75) is 6.61 Å². The van der Waals surface area contributed by atoms with Crippen LogP contribution in [0.2, 0.25) is 0 Å². The number of pyridine rings is 1. The largest absolute Gasteiger partial charge is 0.427 e. The Kier molecular flexibility index (Phi) is 4.17. The molecule has 21 heavy (non-hydrogen) atoms. The van der Waals surface area contributed by atoms with Crippen LogP contribution in [-0.2, 0) is 0 Å². The summed E-state index contributed by atoms with van der Waals surface area (Å²) >= 11 is 0. The lowest BCUT2D eigenvalue weighted by Gasteiger charge is -2.07. The normalized spacial score (nSPS) is 10.4. The molecule has 108 valence electrons. The van der Waals surface area contributed by atoms with Crippen LogP contribution in [0.25, 0.3) is 0 Å². The third-order valence-electron chi connectivity index (χ3n) is 2.58. The molecular formula is C13H8F2N2O4. The monoisotopic (exact) mass is 294 g/mol. The maximum absolute atomic E-state index is 12.3. The number of hydrogen-bond donors (Lipinski definition) is 0. The number of halogens is 2. The fourth-order valence-electron chi connectivity index (χ4n) is 1.67. The lowest BCUT2D eigenvalue weighted by Crippen LogP contribution is -2.07. The predicted molar refractivity (Wildman–Crippen MR) is 67.4 cm³/mol. The summed E-state index contributed by atoms with van der Waals surface area (Å²) in [5, 5.41) is 10.7. The smallest absolute Gasteiger partial charge is 0.387 e. The van der Waals surface area contributed by atoms with Crippen LogP contribution in [0, 0.1) is 10.1 Å². The van der Waals surface area contributed by atoms with Crippen LogP contribution in [0.1, 0.15) is 15.9 Å². The standard InChI is InChI=1S/C13H8F2N2O4/c14-13(15)21-11-7-9(1-2-10(11)17(19)20)12(18)8-3-5-16-6-4-8/h1-7,13H. The summed E-state index contributed by atoms with van der Waals surface area (Å²) in [7, 11) is 0. The highest BCUT2D eigenvalue weighted by atomic mass is 19.3. The Bertz CT molecular complexity index is 677. The summed E-state index contributed by atoms with van der Waals surface area (Å²) in [5.74, 6) is -1.14. The van der Waals surface area contributed by atoms with Gasteiger partial charge in [0.05, 0.1) is 4.92 Å². The first-order valence-corrected chi connectivity index (χ1v) is 5.67. The topological polar surface area (TPSA) is 82.3 Å². The summed E-state index contributed by atoms with van der Waals surface area (Å²) in [6, 6.07) is 5.94. The highest BCUT2D eigenvalue weighted by Crippen LogP contribution is 2.30. The van der Waals surface area contributed by atoms with Crippen LogP contribution >= 0.6 is 0 Å². The third-order valence-corrected chi connectivity index (χ3v) is 2.58. The molecule has 0 atom stereocenters. The molecule has 0 saturated heterocycles. The van der Waals surface area contributed by atoms with E-state index in [0.29, 0.717) is 0 Å². The molecule has 2 aromatic rings. The molecule has 0 saturated carbocycles. The van der Waals surface area contributed by atoms with E-state index in [4.69, 9.17) is 0 Å². The van der Waals surface area contributed by atoms with Crippen molar-refractivity contribution in [2.75, 3.05) is 0 Å². The lowest BCUT2D eigenvalue weighted by molar-refractivity contribution is -0.386. The number of hydrogen-bond acceptors (Lipinski definition) is 5. The van der Waals surface area contributed by atoms with Gasteiger partial charge in [-0.05, 0) is 24.3 Å². The summed E-state index contributed by atoms with van der Waals surface area (Å²) in [6.07, 6.45) is 2.80. The van der Waals surface area contributed by atoms with Crippen molar-refractivity contribution in [3.63, 3.8) is 0 Å². The average Bonchev–Trinajstić information content (AvgIpc) is 2.46. The molecule has 0 aliphatic rings. The second kappa shape index (κ2) is 6.04. The Hall–Kier alpha value is -2.90. The van der Waals surface area contributed by atoms with E-state index in [9.17, 15) is 23.7 Å². The zero-order chi connectivity index (χ0) is 15.4. The summed E-state index contributed by atoms with van der Waals surface area (Å²) < 4.78 is 28.7. The minimum atomic E-state index is -3.23. The van der Waals surface area contributed by atoms with E-state index in [2.05, 4.69) is 9.72 Å². The highest BCUT2D eigenvalue weighted by Gasteiger charge is 2.21. The summed E-state index contributed by atoms with van der Waals surface area (Å²) in [4.78, 5) is 25.8. The molecule has 0 fully saturated rings. The van der Waals surface area contributed by atoms with Crippen LogP contribution in [0.4, 0.5) is 14.5 Å². The first kappa shape index (κ1) is 14.5. The summed E-state index contributed by atoms with van der Waals surface area (Å²) in [6.45, 7) is -3.23. The molecule has 0 amide bonds. The molecule has 0 spiro atoms. The van der Waals surface area contributed by atoms with E-state index in [1.165, 1.54) is 30.6 Å². The molecular weight excluding hydrogens is 286 g/mol. The van der Waals surface area contributed by atoms with Gasteiger partial charge in [0.25, 0.3) is 0 Å². The second-order valence-electron chi connectivity index (χ2n) is 3.88. The van der Waals surface area contributed by atoms with Gasteiger partial charge in [-0.1, -0.05) is 0 Å². The van der Waals surface area contributed by atoms with Crippen molar-refractivity contribution in [1.29, 1.82) is 0 Å². The second-order valence-corrected chi connectivity index (χ2v) is 3.88. The third kappa shape index (κ3) is 3.35. The molecule has 0 aliphatic carbocycles. The lowest BCUT2D eigenvalue weighted by atomic mass is 10.0. The Balaban J connectivity index is 2.42. The van der Waals surface area contributed by atoms with Crippen molar-refractivity contribution in [2.24, 2.45) is 0 Å². The van der Waals surface area contributed by atoms with E-state index in [1.54, 1.807) is 0 Å². The zero-order valence-corrected chi connectivity index (χ0v) is 10.4. The van der Waals surface area contributed by atoms with Gasteiger partial charge < -0.3 is 4.74 Å². The number of nitro groups is 1. The first-order valence-electron chi connectivity index (χ1n) is 5.67. The fourth-order valence-corrected chi connectivity index (χ4v) is 1.67. The molecule has 1 aromatic heterocycles. The van der Waals surface area contributed by atoms with Gasteiger partial charge >= 0.3 is 12.3 Å². The number of nitrogens with zero attached hydrogens (tertiary/aromatic N) is 2. The summed E-state index contributed by atoms with van der Waals surface area (Å²) in [5.41, 5.74) is -0.356. The van der Waals surface area contributed by atoms with E-state index >= 15 is 0 Å². The number of ether oxygens (including phenoxy) is 1. The van der Waals surface area contributed by atoms with Gasteiger partial charge in [0, 0.05) is 29.6 Å². The molecule has 0 unspecified atom stereocenters. The van der Waals surface area contributed by atoms with Crippen molar-refractivity contribution < 1.29 is 23.2 Å². The SMILES string of the molecule is O=C(c1ccncc1)c1ccc([N+](=O)[O-])c(OC(F)F)c1. The molecule has 8 heteroatoms. The first-order chi connectivity index (χ1) is 9.99. The fraction of sp³-hybridized carbons (Fsp3) is 0.0769. The van der Waals surface area contributed by atoms with E-state index < -0.39 is 28.8 Å². The maximum Gasteiger partial charge on any atom is 0.387 e. The van der Waals surface area contributed by atoms with Crippen LogP contribution in [0.3, 0.4) is 0 Å². The van der Waals surface area contributed by atoms with E-state index in [0.717, 1.165) is 12.1 Å². The number of carbonyl (C=O) groups is 1. The van der Waals surface area contributed by atoms with Crippen LogP contribution in [0.15, 0.2) is 42.7 Å². The maximum atomic E-state index is 12.3. The van der Waals surface area contributed by atoms with Crippen molar-refractivity contribution >= 4 is 11.5 Å². The molecule has 1 heterocycles. The van der Waals surface area contributed by atoms with Gasteiger partial charge in [-0.3, -0.25) is 19.9 Å². The number of benzene rings is 1. The van der Waals surface area contributed by atoms with Crippen LogP contribution < -0.4 is 4.74 Å². The van der Waals surface area contributed by atoms with Gasteiger partial charge in [0.15, 0.2) is 5.78 Å². The van der Waals surface area contributed by atoms with Crippen molar-refractivity contribution in [1.82, 2.24) is 4.98 Å². The Labute approximate surface area is 117 Å². The van der Waals surface area contributed by atoms with Gasteiger partial charge in [-0.2, -0.15) is 8.78 Å². The number of carbonyl (C=O) groups excluding carboxylic acids is 1. The van der Waals surface area contributed by atoms with Crippen molar-refractivity contribution in [3.05, 3.63) is 64.0 Å². The number of ketones is 1. The minimum absolute atomic E-state index is 0.00227. The number of aromatic nitrogens is 1. The minimum Gasteiger partial charge on any atom is -0.427 e. The average molecular weight is 294 g/mol.